The monoisotopic (exact) mass is 855 g/mol. The lowest BCUT2D eigenvalue weighted by Crippen LogP contribution is -2.55. The molecule has 12 atom stereocenters. The fourth-order valence-electron chi connectivity index (χ4n) is 11.1. The average molecular weight is 856 g/mol. The van der Waals surface area contributed by atoms with E-state index in [-0.39, 0.29) is 62.4 Å². The molecule has 334 valence electrons. The number of carboxylic acids is 1. The van der Waals surface area contributed by atoms with Gasteiger partial charge in [-0.25, -0.2) is 0 Å². The van der Waals surface area contributed by atoms with E-state index in [1.807, 2.05) is 118 Å². The molecule has 0 unspecified atom stereocenters. The van der Waals surface area contributed by atoms with Crippen molar-refractivity contribution >= 4 is 36.0 Å². The normalized spacial score (nSPS) is 31.9. The van der Waals surface area contributed by atoms with Crippen LogP contribution in [0, 0.1) is 58.2 Å². The van der Waals surface area contributed by atoms with Crippen LogP contribution in [0.4, 0.5) is 0 Å². The van der Waals surface area contributed by atoms with Gasteiger partial charge in [-0.2, -0.15) is 0 Å². The highest BCUT2D eigenvalue weighted by Crippen LogP contribution is 2.58. The molecule has 4 aliphatic rings. The number of esters is 2. The zero-order chi connectivity index (χ0) is 43.6. The Morgan fingerprint density at radius 1 is 0.667 bits per heavy atom. The Morgan fingerprint density at radius 3 is 1.54 bits per heavy atom. The molecule has 0 bridgehead atoms. The van der Waals surface area contributed by atoms with Crippen LogP contribution < -0.4 is 5.73 Å². The molecule has 10 heteroatoms. The first-order valence-electron chi connectivity index (χ1n) is 21.6. The van der Waals surface area contributed by atoms with Gasteiger partial charge in [-0.15, -0.1) is 0 Å². The summed E-state index contributed by atoms with van der Waals surface area (Å²) < 4.78 is 11.0. The summed E-state index contributed by atoms with van der Waals surface area (Å²) in [6.07, 6.45) is 12.8. The molecule has 8 rings (SSSR count). The molecule has 0 spiro atoms. The molecule has 0 radical (unpaired) electrons. The number of pyridine rings is 2. The number of hydrogen-bond acceptors (Lipinski definition) is 8. The number of carboxylic acid groups (broad SMARTS) is 1. The first kappa shape index (κ1) is 48.1. The van der Waals surface area contributed by atoms with Crippen LogP contribution in [0.15, 0.2) is 109 Å². The minimum Gasteiger partial charge on any atom is -0.480 e. The average Bonchev–Trinajstić information content (AvgIpc) is 3.68. The number of carbonyl (C=O) groups is 4. The number of nitrogens with zero attached hydrogens (tertiary/aromatic N) is 2. The number of ether oxygens (including phenoxy) is 2. The van der Waals surface area contributed by atoms with Crippen molar-refractivity contribution in [3.8, 4) is 22.3 Å². The number of nitrogens with two attached hydrogens (primary N) is 1. The van der Waals surface area contributed by atoms with E-state index in [9.17, 15) is 24.3 Å². The van der Waals surface area contributed by atoms with Crippen molar-refractivity contribution < 1.29 is 33.8 Å². The summed E-state index contributed by atoms with van der Waals surface area (Å²) in [5, 5.41) is 10.00. The van der Waals surface area contributed by atoms with Gasteiger partial charge in [0, 0.05) is 35.4 Å². The van der Waals surface area contributed by atoms with E-state index >= 15 is 0 Å². The first-order valence-corrected chi connectivity index (χ1v) is 21.6. The molecule has 2 aliphatic heterocycles. The second-order valence-corrected chi connectivity index (χ2v) is 17.7. The number of hydrogen-bond donors (Lipinski definition) is 2. The molecule has 2 saturated heterocycles. The van der Waals surface area contributed by atoms with Gasteiger partial charge < -0.3 is 20.3 Å². The van der Waals surface area contributed by atoms with Crippen LogP contribution in [-0.2, 0) is 28.7 Å². The minimum atomic E-state index is -1.45. The smallest absolute Gasteiger partial charge is 0.324 e. The summed E-state index contributed by atoms with van der Waals surface area (Å²) in [4.78, 5) is 59.3. The number of fused-ring (bicyclic) bond motifs is 2. The summed E-state index contributed by atoms with van der Waals surface area (Å²) in [5.74, 6) is -2.51. The molecule has 63 heavy (non-hydrogen) atoms. The van der Waals surface area contributed by atoms with Gasteiger partial charge in [0.1, 0.15) is 12.2 Å². The standard InChI is InChI=1S/C26H30N2O3.C25H27NO4.2CH4/c1-4-21-16(2)14-26(24(27)29)23(17(3)31-25(26)30)22(21)13-12-20-11-10-19(15-28-20)18-8-6-5-7-9-18;1-15-13-25(23(27)28)22(17(3)30-24(25)29)21(16(15)2)12-11-20-10-9-19(14-26-20)18-7-5-4-6-8-18;;/h5-13,15-17,21-23H,4,14H2,1-3H3,(H2,27,29);4-12,14-17,21-22H,13H2,1-3H3,(H,27,28);2*1H4/b13-12+;12-11+;;/t16-,17+,21+,22-,23-,26+;15-,16+,17+,21-,22-,25+;;/m00../s1. The van der Waals surface area contributed by atoms with Gasteiger partial charge in [-0.3, -0.25) is 29.1 Å². The topological polar surface area (TPSA) is 159 Å². The summed E-state index contributed by atoms with van der Waals surface area (Å²) in [6.45, 7) is 12.1. The maximum Gasteiger partial charge on any atom is 0.324 e. The quantitative estimate of drug-likeness (QED) is 0.123. The van der Waals surface area contributed by atoms with Gasteiger partial charge in [0.05, 0.1) is 11.4 Å². The third-order valence-corrected chi connectivity index (χ3v) is 14.4. The van der Waals surface area contributed by atoms with Crippen LogP contribution in [0.3, 0.4) is 0 Å². The Bertz CT molecular complexity index is 2280. The van der Waals surface area contributed by atoms with Crippen molar-refractivity contribution in [2.75, 3.05) is 0 Å². The van der Waals surface area contributed by atoms with Crippen molar-refractivity contribution in [1.82, 2.24) is 9.97 Å². The zero-order valence-electron chi connectivity index (χ0n) is 35.8. The van der Waals surface area contributed by atoms with Gasteiger partial charge in [0.15, 0.2) is 10.8 Å². The van der Waals surface area contributed by atoms with Crippen LogP contribution in [-0.4, -0.2) is 51.1 Å². The predicted molar refractivity (Wildman–Crippen MR) is 248 cm³/mol. The maximum absolute atomic E-state index is 12.8. The van der Waals surface area contributed by atoms with E-state index in [4.69, 9.17) is 15.2 Å². The summed E-state index contributed by atoms with van der Waals surface area (Å²) in [6, 6.07) is 28.2. The fraction of sp³-hybridized carbons (Fsp3) is 0.434. The molecule has 4 heterocycles. The van der Waals surface area contributed by atoms with Crippen molar-refractivity contribution in [2.24, 2.45) is 63.9 Å². The van der Waals surface area contributed by atoms with Gasteiger partial charge in [0.2, 0.25) is 5.91 Å². The van der Waals surface area contributed by atoms with E-state index < -0.39 is 40.7 Å². The molecule has 2 saturated carbocycles. The third kappa shape index (κ3) is 8.86. The number of amides is 1. The second kappa shape index (κ2) is 19.7. The molecule has 2 aromatic heterocycles. The molecule has 4 fully saturated rings. The summed E-state index contributed by atoms with van der Waals surface area (Å²) in [5.41, 5.74) is 9.11. The Hall–Kier alpha value is -5.90. The minimum absolute atomic E-state index is 0. The molecular weight excluding hydrogens is 791 g/mol. The zero-order valence-corrected chi connectivity index (χ0v) is 35.8. The van der Waals surface area contributed by atoms with Crippen LogP contribution >= 0.6 is 0 Å². The van der Waals surface area contributed by atoms with Crippen LogP contribution in [0.5, 0.6) is 0 Å². The second-order valence-electron chi connectivity index (χ2n) is 17.7. The molecule has 4 aromatic rings. The lowest BCUT2D eigenvalue weighted by molar-refractivity contribution is -0.167. The Morgan fingerprint density at radius 2 is 1.11 bits per heavy atom. The Balaban J connectivity index is 0.000000230. The SMILES string of the molecule is C.C.CC[C@H]1[C@H](/C=C/c2ccc(-c3ccccc3)cn2)[C@@H]2[C@@H](C)OC(=O)[C@]2(C(N)=O)C[C@@H]1C.C[C@H]1[C@H](/C=C/c2ccc(-c3ccccc3)cn2)[C@@H]2[C@@H](C)OC(=O)[C@]2(C(=O)O)C[C@@H]1C. The number of aliphatic carboxylic acids is 1. The Kier molecular flexibility index (Phi) is 15.0. The number of carbonyl (C=O) groups excluding carboxylic acids is 3. The highest BCUT2D eigenvalue weighted by molar-refractivity contribution is 6.04. The van der Waals surface area contributed by atoms with Gasteiger partial charge in [-0.1, -0.05) is 134 Å². The lowest BCUT2D eigenvalue weighted by Gasteiger charge is -2.46. The molecule has 2 aromatic carbocycles. The third-order valence-electron chi connectivity index (χ3n) is 14.4. The summed E-state index contributed by atoms with van der Waals surface area (Å²) in [7, 11) is 0. The van der Waals surface area contributed by atoms with Gasteiger partial charge in [0.25, 0.3) is 0 Å². The van der Waals surface area contributed by atoms with Crippen LogP contribution in [0.1, 0.15) is 87.0 Å². The van der Waals surface area contributed by atoms with Crippen LogP contribution in [0.2, 0.25) is 0 Å². The molecule has 10 nitrogen and oxygen atoms in total. The largest absolute Gasteiger partial charge is 0.480 e. The predicted octanol–water partition coefficient (Wildman–Crippen LogP) is 10.4. The van der Waals surface area contributed by atoms with E-state index in [0.717, 1.165) is 40.1 Å². The van der Waals surface area contributed by atoms with E-state index in [1.54, 1.807) is 0 Å². The van der Waals surface area contributed by atoms with E-state index in [1.165, 1.54) is 0 Å². The molecule has 1 amide bonds. The maximum atomic E-state index is 12.8. The van der Waals surface area contributed by atoms with Gasteiger partial charge in [-0.05, 0) is 97.6 Å². The van der Waals surface area contributed by atoms with Crippen molar-refractivity contribution in [3.05, 3.63) is 121 Å². The Labute approximate surface area is 373 Å². The number of benzene rings is 2. The highest BCUT2D eigenvalue weighted by Gasteiger charge is 2.67. The number of primary amides is 1. The molecule has 2 aliphatic carbocycles. The van der Waals surface area contributed by atoms with Crippen LogP contribution in [0.25, 0.3) is 34.4 Å². The number of cyclic esters (lactones) is 2. The van der Waals surface area contributed by atoms with E-state index in [0.29, 0.717) is 18.8 Å². The summed E-state index contributed by atoms with van der Waals surface area (Å²) >= 11 is 0. The highest BCUT2D eigenvalue weighted by atomic mass is 16.6. The lowest BCUT2D eigenvalue weighted by atomic mass is 9.53. The molecule has 3 N–H and O–H groups in total. The fourth-order valence-corrected chi connectivity index (χ4v) is 11.1. The van der Waals surface area contributed by atoms with Crippen molar-refractivity contribution in [1.29, 1.82) is 0 Å². The number of rotatable bonds is 9. The number of aromatic nitrogens is 2. The first-order chi connectivity index (χ1) is 29.2. The van der Waals surface area contributed by atoms with Crippen molar-refractivity contribution in [3.63, 3.8) is 0 Å². The molecular formula is C53H65N3O7. The van der Waals surface area contributed by atoms with Gasteiger partial charge >= 0.3 is 17.9 Å². The van der Waals surface area contributed by atoms with E-state index in [2.05, 4.69) is 55.0 Å². The van der Waals surface area contributed by atoms with Crippen molar-refractivity contribution in [2.45, 2.75) is 87.9 Å². The number of allylic oxidation sites excluding steroid dienone is 2.